The van der Waals surface area contributed by atoms with Crippen LogP contribution in [0.15, 0.2) is 12.3 Å². The van der Waals surface area contributed by atoms with Crippen molar-refractivity contribution in [3.8, 4) is 0 Å². The highest BCUT2D eigenvalue weighted by molar-refractivity contribution is 5.82. The molecule has 2 unspecified atom stereocenters. The molecule has 0 aliphatic carbocycles. The van der Waals surface area contributed by atoms with Gasteiger partial charge in [0.05, 0.1) is 30.0 Å². The third kappa shape index (κ3) is 3.38. The van der Waals surface area contributed by atoms with Crippen LogP contribution in [0.5, 0.6) is 0 Å². The number of rotatable bonds is 2. The minimum atomic E-state index is 0.0513. The van der Waals surface area contributed by atoms with Gasteiger partial charge in [0.15, 0.2) is 5.65 Å². The van der Waals surface area contributed by atoms with Crippen molar-refractivity contribution in [1.82, 2.24) is 24.4 Å². The maximum absolute atomic E-state index is 13.1. The summed E-state index contributed by atoms with van der Waals surface area (Å²) in [6, 6.07) is 1.97. The van der Waals surface area contributed by atoms with Crippen LogP contribution in [-0.2, 0) is 22.4 Å². The summed E-state index contributed by atoms with van der Waals surface area (Å²) in [6.45, 7) is 9.02. The number of aromatic nitrogens is 3. The van der Waals surface area contributed by atoms with E-state index < -0.39 is 0 Å². The monoisotopic (exact) mass is 398 g/mol. The molecule has 0 radical (unpaired) electrons. The lowest BCUT2D eigenvalue weighted by Crippen LogP contribution is -2.58. The third-order valence-electron chi connectivity index (χ3n) is 6.43. The van der Waals surface area contributed by atoms with Crippen molar-refractivity contribution >= 4 is 17.4 Å². The van der Waals surface area contributed by atoms with Gasteiger partial charge in [0.25, 0.3) is 0 Å². The van der Waals surface area contributed by atoms with Gasteiger partial charge in [0.1, 0.15) is 5.82 Å². The highest BCUT2D eigenvalue weighted by Gasteiger charge is 2.40. The first-order valence-corrected chi connectivity index (χ1v) is 10.7. The number of hydrogen-bond acceptors (Lipinski definition) is 6. The Balaban J connectivity index is 1.38. The van der Waals surface area contributed by atoms with Gasteiger partial charge in [-0.2, -0.15) is 9.61 Å². The fraction of sp³-hybridized carbons (Fsp3) is 0.667. The number of nitrogens with zero attached hydrogens (tertiary/aromatic N) is 6. The zero-order chi connectivity index (χ0) is 20.1. The lowest BCUT2D eigenvalue weighted by atomic mass is 9.96. The van der Waals surface area contributed by atoms with Crippen LogP contribution < -0.4 is 4.90 Å². The van der Waals surface area contributed by atoms with Gasteiger partial charge in [0.2, 0.25) is 5.91 Å². The van der Waals surface area contributed by atoms with Crippen molar-refractivity contribution in [3.05, 3.63) is 23.5 Å². The largest absolute Gasteiger partial charge is 0.372 e. The second-order valence-corrected chi connectivity index (χ2v) is 8.87. The topological polar surface area (TPSA) is 66.2 Å². The van der Waals surface area contributed by atoms with E-state index in [-0.39, 0.29) is 24.0 Å². The predicted octanol–water partition coefficient (Wildman–Crippen LogP) is 0.832. The summed E-state index contributed by atoms with van der Waals surface area (Å²) in [5.41, 5.74) is 3.38. The first-order valence-electron chi connectivity index (χ1n) is 10.7. The van der Waals surface area contributed by atoms with Gasteiger partial charge in [-0.1, -0.05) is 0 Å². The van der Waals surface area contributed by atoms with Crippen molar-refractivity contribution in [3.63, 3.8) is 0 Å². The van der Waals surface area contributed by atoms with Gasteiger partial charge in [-0.15, -0.1) is 0 Å². The summed E-state index contributed by atoms with van der Waals surface area (Å²) < 4.78 is 7.75. The Morgan fingerprint density at radius 1 is 1.10 bits per heavy atom. The van der Waals surface area contributed by atoms with Crippen molar-refractivity contribution in [1.29, 1.82) is 0 Å². The molecule has 2 aromatic rings. The van der Waals surface area contributed by atoms with Crippen LogP contribution in [-0.4, -0.2) is 88.8 Å². The van der Waals surface area contributed by atoms with Gasteiger partial charge in [-0.05, 0) is 27.3 Å². The van der Waals surface area contributed by atoms with E-state index in [0.29, 0.717) is 13.1 Å². The molecule has 3 aliphatic heterocycles. The van der Waals surface area contributed by atoms with Crippen LogP contribution in [0.25, 0.3) is 5.65 Å². The maximum Gasteiger partial charge on any atom is 0.229 e. The maximum atomic E-state index is 13.1. The first kappa shape index (κ1) is 18.8. The Morgan fingerprint density at radius 2 is 1.83 bits per heavy atom. The molecule has 29 heavy (non-hydrogen) atoms. The normalized spacial score (nSPS) is 26.3. The van der Waals surface area contributed by atoms with E-state index in [9.17, 15) is 4.79 Å². The van der Waals surface area contributed by atoms with E-state index in [1.165, 1.54) is 11.3 Å². The number of carbonyl (C=O) groups excluding carboxylic acids is 1. The van der Waals surface area contributed by atoms with E-state index in [0.717, 1.165) is 50.5 Å². The van der Waals surface area contributed by atoms with Crippen LogP contribution in [0.3, 0.4) is 0 Å². The Labute approximate surface area is 171 Å². The number of fused-ring (bicyclic) bond motifs is 2. The molecule has 0 saturated carbocycles. The van der Waals surface area contributed by atoms with E-state index >= 15 is 0 Å². The summed E-state index contributed by atoms with van der Waals surface area (Å²) >= 11 is 0. The molecule has 2 atom stereocenters. The van der Waals surface area contributed by atoms with E-state index in [2.05, 4.69) is 21.9 Å². The lowest BCUT2D eigenvalue weighted by Gasteiger charge is -2.44. The second-order valence-electron chi connectivity index (χ2n) is 8.87. The number of morpholine rings is 1. The fourth-order valence-electron chi connectivity index (χ4n) is 4.93. The molecule has 8 heteroatoms. The molecule has 3 aliphatic rings. The van der Waals surface area contributed by atoms with Crippen LogP contribution in [0, 0.1) is 5.92 Å². The van der Waals surface area contributed by atoms with Gasteiger partial charge in [0, 0.05) is 57.3 Å². The summed E-state index contributed by atoms with van der Waals surface area (Å²) in [5, 5.41) is 4.55. The van der Waals surface area contributed by atoms with Gasteiger partial charge < -0.3 is 19.4 Å². The molecule has 156 valence electrons. The Morgan fingerprint density at radius 3 is 2.59 bits per heavy atom. The molecule has 0 N–H and O–H groups in total. The number of anilines is 1. The number of carbonyl (C=O) groups is 1. The van der Waals surface area contributed by atoms with Crippen LogP contribution in [0.1, 0.15) is 25.1 Å². The number of likely N-dealkylation sites (N-methyl/N-ethyl adjacent to an activating group) is 1. The first-order chi connectivity index (χ1) is 14.0. The second kappa shape index (κ2) is 7.25. The zero-order valence-corrected chi connectivity index (χ0v) is 17.5. The van der Waals surface area contributed by atoms with E-state index in [1.54, 1.807) is 0 Å². The van der Waals surface area contributed by atoms with E-state index in [1.807, 2.05) is 35.5 Å². The van der Waals surface area contributed by atoms with Crippen LogP contribution in [0.2, 0.25) is 0 Å². The van der Waals surface area contributed by atoms with Crippen molar-refractivity contribution in [2.45, 2.75) is 38.9 Å². The zero-order valence-electron chi connectivity index (χ0n) is 17.5. The molecule has 2 fully saturated rings. The van der Waals surface area contributed by atoms with Crippen molar-refractivity contribution in [2.24, 2.45) is 5.92 Å². The minimum absolute atomic E-state index is 0.0513. The standard InChI is InChI=1S/C21H30N6O2/c1-14-10-26(11-15(2)29-14)21(28)16-12-25(13-16)20-17-5-8-24(3)9-6-18(17)23-19-4-7-22-27(19)20/h4,7,14-16H,5-6,8-13H2,1-3H3. The molecule has 0 spiro atoms. The average molecular weight is 399 g/mol. The highest BCUT2D eigenvalue weighted by Crippen LogP contribution is 2.33. The molecule has 8 nitrogen and oxygen atoms in total. The van der Waals surface area contributed by atoms with Gasteiger partial charge >= 0.3 is 0 Å². The molecule has 1 amide bonds. The summed E-state index contributed by atoms with van der Waals surface area (Å²) in [6.07, 6.45) is 3.96. The van der Waals surface area contributed by atoms with Crippen molar-refractivity contribution in [2.75, 3.05) is 51.2 Å². The molecular weight excluding hydrogens is 368 g/mol. The lowest BCUT2D eigenvalue weighted by molar-refractivity contribution is -0.148. The van der Waals surface area contributed by atoms with Crippen molar-refractivity contribution < 1.29 is 9.53 Å². The molecule has 0 aromatic carbocycles. The van der Waals surface area contributed by atoms with Gasteiger partial charge in [-0.3, -0.25) is 4.79 Å². The van der Waals surface area contributed by atoms with Gasteiger partial charge in [-0.25, -0.2) is 4.98 Å². The van der Waals surface area contributed by atoms with Crippen LogP contribution in [0.4, 0.5) is 5.82 Å². The molecule has 5 heterocycles. The van der Waals surface area contributed by atoms with Crippen LogP contribution >= 0.6 is 0 Å². The molecular formula is C21H30N6O2. The SMILES string of the molecule is CC1CN(C(=O)C2CN(c3c4c(nc5ccnn35)CCN(C)CC4)C2)CC(C)O1. The Bertz CT molecular complexity index is 911. The minimum Gasteiger partial charge on any atom is -0.372 e. The average Bonchev–Trinajstić information content (AvgIpc) is 3.03. The molecule has 2 aromatic heterocycles. The highest BCUT2D eigenvalue weighted by atomic mass is 16.5. The summed E-state index contributed by atoms with van der Waals surface area (Å²) in [4.78, 5) is 24.6. The smallest absolute Gasteiger partial charge is 0.229 e. The number of ether oxygens (including phenoxy) is 1. The summed E-state index contributed by atoms with van der Waals surface area (Å²) in [7, 11) is 2.17. The quantitative estimate of drug-likeness (QED) is 0.747. The Hall–Kier alpha value is -2.19. The molecule has 5 rings (SSSR count). The molecule has 0 bridgehead atoms. The summed E-state index contributed by atoms with van der Waals surface area (Å²) in [5.74, 6) is 1.45. The van der Waals surface area contributed by atoms with E-state index in [4.69, 9.17) is 9.72 Å². The molecule has 2 saturated heterocycles. The predicted molar refractivity (Wildman–Crippen MR) is 110 cm³/mol. The Kier molecular flexibility index (Phi) is 4.70. The number of hydrogen-bond donors (Lipinski definition) is 0. The number of amides is 1. The fourth-order valence-corrected chi connectivity index (χ4v) is 4.93. The third-order valence-corrected chi connectivity index (χ3v) is 6.43.